The number of anilines is 1. The summed E-state index contributed by atoms with van der Waals surface area (Å²) in [5, 5.41) is 3.29. The molecule has 0 atom stereocenters. The van der Waals surface area contributed by atoms with Crippen LogP contribution in [0.25, 0.3) is 0 Å². The predicted octanol–water partition coefficient (Wildman–Crippen LogP) is 3.66. The maximum Gasteiger partial charge on any atom is 0.416 e. The number of carbonyl (C=O) groups is 1. The molecule has 1 spiro atoms. The molecule has 3 aliphatic heterocycles. The van der Waals surface area contributed by atoms with Crippen LogP contribution in [0, 0.1) is 5.41 Å². The molecule has 0 radical (unpaired) electrons. The molecule has 29 heavy (non-hydrogen) atoms. The Morgan fingerprint density at radius 3 is 2.48 bits per heavy atom. The van der Waals surface area contributed by atoms with Gasteiger partial charge in [0.05, 0.1) is 12.1 Å². The number of nitrogens with zero attached hydrogens (tertiary/aromatic N) is 2. The molecule has 4 nitrogen and oxygen atoms in total. The molecule has 0 bridgehead atoms. The van der Waals surface area contributed by atoms with Gasteiger partial charge in [0.25, 0.3) is 5.91 Å². The summed E-state index contributed by atoms with van der Waals surface area (Å²) >= 11 is 0. The molecule has 3 aliphatic rings. The van der Waals surface area contributed by atoms with E-state index in [2.05, 4.69) is 10.2 Å². The van der Waals surface area contributed by atoms with Crippen LogP contribution in [0.4, 0.5) is 18.9 Å². The average Bonchev–Trinajstić information content (AvgIpc) is 3.23. The third kappa shape index (κ3) is 3.22. The monoisotopic (exact) mass is 401 g/mol. The number of hydrogen-bond donors (Lipinski definition) is 1. The second-order valence-corrected chi connectivity index (χ2v) is 8.46. The molecule has 0 saturated carbocycles. The van der Waals surface area contributed by atoms with Crippen molar-refractivity contribution in [2.24, 2.45) is 5.41 Å². The number of alkyl halides is 3. The van der Waals surface area contributed by atoms with Crippen molar-refractivity contribution in [1.29, 1.82) is 0 Å². The highest BCUT2D eigenvalue weighted by molar-refractivity contribution is 6.10. The summed E-state index contributed by atoms with van der Waals surface area (Å²) in [5.74, 6) is -0.361. The lowest BCUT2D eigenvalue weighted by Crippen LogP contribution is -2.54. The molecule has 7 heteroatoms. The molecule has 152 valence electrons. The summed E-state index contributed by atoms with van der Waals surface area (Å²) in [7, 11) is 0. The predicted molar refractivity (Wildman–Crippen MR) is 104 cm³/mol. The van der Waals surface area contributed by atoms with E-state index < -0.39 is 11.7 Å². The Morgan fingerprint density at radius 1 is 1.10 bits per heavy atom. The highest BCUT2D eigenvalue weighted by atomic mass is 19.4. The Balaban J connectivity index is 1.47. The number of halogens is 3. The Hall–Kier alpha value is -2.38. The van der Waals surface area contributed by atoms with Crippen LogP contribution in [-0.2, 0) is 19.3 Å². The van der Waals surface area contributed by atoms with Gasteiger partial charge in [0.2, 0.25) is 0 Å². The standard InChI is InChI=1S/C22H22F3N3O/c23-22(24,25)19-9-15(10-27-7-6-21(14-27)12-26-13-21)8-17-18(19)11-28(20(17)29)16-4-2-1-3-5-16/h1-5,8-9,26H,6-7,10-14H2. The lowest BCUT2D eigenvalue weighted by atomic mass is 9.81. The minimum absolute atomic E-state index is 0.0498. The largest absolute Gasteiger partial charge is 0.416 e. The Morgan fingerprint density at radius 2 is 1.86 bits per heavy atom. The van der Waals surface area contributed by atoms with Crippen LogP contribution in [0.5, 0.6) is 0 Å². The molecule has 3 heterocycles. The average molecular weight is 401 g/mol. The molecule has 2 fully saturated rings. The number of fused-ring (bicyclic) bond motifs is 1. The van der Waals surface area contributed by atoms with Gasteiger partial charge in [0.1, 0.15) is 0 Å². The van der Waals surface area contributed by atoms with Gasteiger partial charge in [-0.3, -0.25) is 9.69 Å². The summed E-state index contributed by atoms with van der Waals surface area (Å²) in [5.41, 5.74) is 1.03. The van der Waals surface area contributed by atoms with E-state index in [1.165, 1.54) is 11.0 Å². The summed E-state index contributed by atoms with van der Waals surface area (Å²) in [6.45, 7) is 4.12. The van der Waals surface area contributed by atoms with Gasteiger partial charge in [-0.05, 0) is 48.4 Å². The maximum atomic E-state index is 13.8. The highest BCUT2D eigenvalue weighted by Gasteiger charge is 2.44. The number of nitrogens with one attached hydrogen (secondary N) is 1. The van der Waals surface area contributed by atoms with Crippen molar-refractivity contribution in [2.75, 3.05) is 31.1 Å². The zero-order valence-electron chi connectivity index (χ0n) is 15.9. The van der Waals surface area contributed by atoms with E-state index in [1.54, 1.807) is 30.3 Å². The lowest BCUT2D eigenvalue weighted by molar-refractivity contribution is -0.138. The number of rotatable bonds is 3. The van der Waals surface area contributed by atoms with Gasteiger partial charge in [-0.15, -0.1) is 0 Å². The molecule has 0 unspecified atom stereocenters. The topological polar surface area (TPSA) is 35.6 Å². The Labute approximate surface area is 167 Å². The molecule has 5 rings (SSSR count). The van der Waals surface area contributed by atoms with Crippen molar-refractivity contribution in [1.82, 2.24) is 10.2 Å². The fraction of sp³-hybridized carbons (Fsp3) is 0.409. The van der Waals surface area contributed by atoms with Crippen molar-refractivity contribution in [3.63, 3.8) is 0 Å². The summed E-state index contributed by atoms with van der Waals surface area (Å²) in [6.07, 6.45) is -3.42. The summed E-state index contributed by atoms with van der Waals surface area (Å²) in [4.78, 5) is 16.6. The first-order valence-corrected chi connectivity index (χ1v) is 9.88. The molecule has 0 aromatic heterocycles. The van der Waals surface area contributed by atoms with Crippen molar-refractivity contribution in [3.05, 3.63) is 64.7 Å². The number of carbonyl (C=O) groups excluding carboxylic acids is 1. The highest BCUT2D eigenvalue weighted by Crippen LogP contribution is 2.40. The van der Waals surface area contributed by atoms with Gasteiger partial charge >= 0.3 is 6.18 Å². The first-order chi connectivity index (χ1) is 13.8. The van der Waals surface area contributed by atoms with Crippen LogP contribution in [-0.4, -0.2) is 37.0 Å². The molecular weight excluding hydrogens is 379 g/mol. The van der Waals surface area contributed by atoms with Crippen molar-refractivity contribution < 1.29 is 18.0 Å². The van der Waals surface area contributed by atoms with Crippen LogP contribution < -0.4 is 10.2 Å². The van der Waals surface area contributed by atoms with E-state index in [0.29, 0.717) is 17.8 Å². The Bertz CT molecular complexity index is 954. The molecule has 0 aliphatic carbocycles. The van der Waals surface area contributed by atoms with E-state index in [0.717, 1.165) is 32.6 Å². The fourth-order valence-electron chi connectivity index (χ4n) is 4.82. The third-order valence-electron chi connectivity index (χ3n) is 6.40. The van der Waals surface area contributed by atoms with E-state index in [9.17, 15) is 18.0 Å². The normalized spacial score (nSPS) is 20.9. The van der Waals surface area contributed by atoms with Gasteiger partial charge < -0.3 is 10.2 Å². The van der Waals surface area contributed by atoms with E-state index >= 15 is 0 Å². The smallest absolute Gasteiger partial charge is 0.315 e. The van der Waals surface area contributed by atoms with Gasteiger partial charge in [0, 0.05) is 42.8 Å². The molecule has 2 aromatic carbocycles. The van der Waals surface area contributed by atoms with Crippen LogP contribution in [0.1, 0.15) is 33.5 Å². The van der Waals surface area contributed by atoms with E-state index in [4.69, 9.17) is 0 Å². The molecule has 1 amide bonds. The number of para-hydroxylation sites is 1. The minimum atomic E-state index is -4.49. The first-order valence-electron chi connectivity index (χ1n) is 9.88. The third-order valence-corrected chi connectivity index (χ3v) is 6.40. The van der Waals surface area contributed by atoms with Crippen LogP contribution in [0.3, 0.4) is 0 Å². The second-order valence-electron chi connectivity index (χ2n) is 8.46. The van der Waals surface area contributed by atoms with E-state index in [-0.39, 0.29) is 29.0 Å². The fourth-order valence-corrected chi connectivity index (χ4v) is 4.82. The second kappa shape index (κ2) is 6.57. The number of benzene rings is 2. The van der Waals surface area contributed by atoms with Crippen LogP contribution >= 0.6 is 0 Å². The molecular formula is C22H22F3N3O. The molecule has 2 aromatic rings. The summed E-state index contributed by atoms with van der Waals surface area (Å²) in [6, 6.07) is 11.8. The van der Waals surface area contributed by atoms with E-state index in [1.807, 2.05) is 6.07 Å². The number of hydrogen-bond acceptors (Lipinski definition) is 3. The van der Waals surface area contributed by atoms with Crippen molar-refractivity contribution >= 4 is 11.6 Å². The van der Waals surface area contributed by atoms with Gasteiger partial charge in [0.15, 0.2) is 0 Å². The van der Waals surface area contributed by atoms with Crippen molar-refractivity contribution in [3.8, 4) is 0 Å². The zero-order valence-corrected chi connectivity index (χ0v) is 15.9. The minimum Gasteiger partial charge on any atom is -0.315 e. The summed E-state index contributed by atoms with van der Waals surface area (Å²) < 4.78 is 41.5. The van der Waals surface area contributed by atoms with Crippen LogP contribution in [0.15, 0.2) is 42.5 Å². The maximum absolute atomic E-state index is 13.8. The number of amides is 1. The van der Waals surface area contributed by atoms with Gasteiger partial charge in [-0.25, -0.2) is 0 Å². The van der Waals surface area contributed by atoms with Crippen molar-refractivity contribution in [2.45, 2.75) is 25.7 Å². The molecule has 2 saturated heterocycles. The van der Waals surface area contributed by atoms with Gasteiger partial charge in [-0.1, -0.05) is 18.2 Å². The quantitative estimate of drug-likeness (QED) is 0.853. The van der Waals surface area contributed by atoms with Crippen LogP contribution in [0.2, 0.25) is 0 Å². The first kappa shape index (κ1) is 18.6. The SMILES string of the molecule is O=C1c2cc(CN3CCC4(CNC4)C3)cc(C(F)(F)F)c2CN1c1ccccc1. The zero-order chi connectivity index (χ0) is 20.2. The number of likely N-dealkylation sites (tertiary alicyclic amines) is 1. The lowest BCUT2D eigenvalue weighted by Gasteiger charge is -2.39. The Kier molecular flexibility index (Phi) is 4.22. The molecule has 1 N–H and O–H groups in total. The van der Waals surface area contributed by atoms with Gasteiger partial charge in [-0.2, -0.15) is 13.2 Å².